The normalized spacial score (nSPS) is 10.4. The Balaban J connectivity index is 2.04. The van der Waals surface area contributed by atoms with Crippen LogP contribution in [0.15, 0.2) is 24.3 Å². The third-order valence-corrected chi connectivity index (χ3v) is 4.67. The van der Waals surface area contributed by atoms with Crippen molar-refractivity contribution in [1.29, 1.82) is 0 Å². The second kappa shape index (κ2) is 13.2. The van der Waals surface area contributed by atoms with Crippen LogP contribution in [0.25, 0.3) is 0 Å². The fourth-order valence-electron chi connectivity index (χ4n) is 2.19. The highest BCUT2D eigenvalue weighted by Crippen LogP contribution is 2.13. The summed E-state index contributed by atoms with van der Waals surface area (Å²) < 4.78 is 11.5. The topological polar surface area (TPSA) is 52.6 Å². The van der Waals surface area contributed by atoms with Crippen LogP contribution in [-0.4, -0.2) is 18.5 Å². The second-order valence-corrected chi connectivity index (χ2v) is 6.90. The Labute approximate surface area is 158 Å². The van der Waals surface area contributed by atoms with Gasteiger partial charge >= 0.3 is 11.9 Å². The molecule has 0 bridgehead atoms. The van der Waals surface area contributed by atoms with Crippen LogP contribution < -0.4 is 0 Å². The Bertz CT molecular complexity index is 502. The third kappa shape index (κ3) is 9.90. The van der Waals surface area contributed by atoms with Gasteiger partial charge in [0.05, 0.1) is 6.61 Å². The number of esters is 2. The molecule has 0 aliphatic carbocycles. The molecule has 0 saturated heterocycles. The molecule has 0 heterocycles. The van der Waals surface area contributed by atoms with E-state index in [1.165, 1.54) is 19.3 Å². The summed E-state index contributed by atoms with van der Waals surface area (Å²) in [6.45, 7) is 2.94. The Morgan fingerprint density at radius 1 is 0.917 bits per heavy atom. The highest BCUT2D eigenvalue weighted by molar-refractivity contribution is 14.1. The average Bonchev–Trinajstić information content (AvgIpc) is 2.57. The van der Waals surface area contributed by atoms with Crippen molar-refractivity contribution in [2.24, 2.45) is 0 Å². The van der Waals surface area contributed by atoms with Gasteiger partial charge in [0.25, 0.3) is 0 Å². The zero-order valence-corrected chi connectivity index (χ0v) is 16.5. The molecule has 1 aromatic rings. The van der Waals surface area contributed by atoms with Crippen molar-refractivity contribution in [2.45, 2.75) is 64.9 Å². The van der Waals surface area contributed by atoms with Crippen LogP contribution in [0.2, 0.25) is 0 Å². The predicted molar refractivity (Wildman–Crippen MR) is 103 cm³/mol. The lowest BCUT2D eigenvalue weighted by Gasteiger charge is -2.07. The molecule has 0 radical (unpaired) electrons. The third-order valence-electron chi connectivity index (χ3n) is 3.62. The first-order chi connectivity index (χ1) is 11.6. The van der Waals surface area contributed by atoms with Crippen LogP contribution in [-0.2, 0) is 25.7 Å². The van der Waals surface area contributed by atoms with E-state index < -0.39 is 0 Å². The van der Waals surface area contributed by atoms with E-state index >= 15 is 0 Å². The molecule has 0 aliphatic heterocycles. The molecule has 0 saturated carbocycles. The SMILES string of the molecule is CCCCCCCOC(=O)CCCC(=O)OCc1ccccc1I. The molecule has 4 nitrogen and oxygen atoms in total. The van der Waals surface area contributed by atoms with Gasteiger partial charge in [-0.1, -0.05) is 50.8 Å². The Morgan fingerprint density at radius 3 is 2.29 bits per heavy atom. The van der Waals surface area contributed by atoms with Gasteiger partial charge in [-0.05, 0) is 41.5 Å². The van der Waals surface area contributed by atoms with E-state index in [4.69, 9.17) is 9.47 Å². The standard InChI is InChI=1S/C19H27IO4/c1-2-3-4-5-8-14-23-18(21)12-9-13-19(22)24-15-16-10-6-7-11-17(16)20/h6-7,10-11H,2-5,8-9,12-15H2,1H3. The van der Waals surface area contributed by atoms with Crippen LogP contribution >= 0.6 is 22.6 Å². The zero-order chi connectivity index (χ0) is 17.6. The lowest BCUT2D eigenvalue weighted by atomic mass is 10.2. The number of unbranched alkanes of at least 4 members (excludes halogenated alkanes) is 4. The van der Waals surface area contributed by atoms with Gasteiger partial charge in [-0.2, -0.15) is 0 Å². The van der Waals surface area contributed by atoms with Crippen LogP contribution in [0.1, 0.15) is 63.9 Å². The first-order valence-electron chi connectivity index (χ1n) is 8.68. The number of carbonyl (C=O) groups is 2. The minimum Gasteiger partial charge on any atom is -0.466 e. The quantitative estimate of drug-likeness (QED) is 0.257. The van der Waals surface area contributed by atoms with Gasteiger partial charge in [-0.15, -0.1) is 0 Å². The van der Waals surface area contributed by atoms with E-state index in [2.05, 4.69) is 29.5 Å². The summed E-state index contributed by atoms with van der Waals surface area (Å²) in [4.78, 5) is 23.3. The molecule has 0 aliphatic rings. The summed E-state index contributed by atoms with van der Waals surface area (Å²) in [5.41, 5.74) is 0.994. The van der Waals surface area contributed by atoms with Gasteiger partial charge in [0.2, 0.25) is 0 Å². The predicted octanol–water partition coefficient (Wildman–Crippen LogP) is 5.02. The molecule has 134 valence electrons. The minimum atomic E-state index is -0.276. The molecule has 0 unspecified atom stereocenters. The fourth-order valence-corrected chi connectivity index (χ4v) is 2.73. The van der Waals surface area contributed by atoms with Gasteiger partial charge in [0.15, 0.2) is 0 Å². The molecule has 1 rings (SSSR count). The van der Waals surface area contributed by atoms with E-state index in [9.17, 15) is 9.59 Å². The lowest BCUT2D eigenvalue weighted by molar-refractivity contribution is -0.146. The molecule has 0 N–H and O–H groups in total. The average molecular weight is 446 g/mol. The smallest absolute Gasteiger partial charge is 0.306 e. The molecular weight excluding hydrogens is 419 g/mol. The van der Waals surface area contributed by atoms with E-state index in [-0.39, 0.29) is 31.4 Å². The van der Waals surface area contributed by atoms with Crippen molar-refractivity contribution in [3.8, 4) is 0 Å². The number of benzene rings is 1. The minimum absolute atomic E-state index is 0.226. The van der Waals surface area contributed by atoms with E-state index in [0.717, 1.165) is 22.0 Å². The van der Waals surface area contributed by atoms with Gasteiger partial charge in [0, 0.05) is 22.0 Å². The second-order valence-electron chi connectivity index (χ2n) is 5.74. The molecule has 0 spiro atoms. The van der Waals surface area contributed by atoms with Crippen molar-refractivity contribution in [3.05, 3.63) is 33.4 Å². The Hall–Kier alpha value is -1.11. The largest absolute Gasteiger partial charge is 0.466 e. The van der Waals surface area contributed by atoms with Crippen LogP contribution in [0, 0.1) is 3.57 Å². The number of rotatable bonds is 12. The highest BCUT2D eigenvalue weighted by atomic mass is 127. The molecule has 0 atom stereocenters. The zero-order valence-electron chi connectivity index (χ0n) is 14.4. The van der Waals surface area contributed by atoms with Crippen LogP contribution in [0.5, 0.6) is 0 Å². The van der Waals surface area contributed by atoms with E-state index in [1.54, 1.807) is 0 Å². The lowest BCUT2D eigenvalue weighted by Crippen LogP contribution is -2.09. The molecule has 5 heteroatoms. The van der Waals surface area contributed by atoms with Gasteiger partial charge < -0.3 is 9.47 Å². The van der Waals surface area contributed by atoms with Crippen LogP contribution in [0.3, 0.4) is 0 Å². The van der Waals surface area contributed by atoms with Gasteiger partial charge in [-0.3, -0.25) is 9.59 Å². The van der Waals surface area contributed by atoms with Crippen molar-refractivity contribution in [2.75, 3.05) is 6.61 Å². The Morgan fingerprint density at radius 2 is 1.58 bits per heavy atom. The monoisotopic (exact) mass is 446 g/mol. The van der Waals surface area contributed by atoms with Crippen molar-refractivity contribution in [1.82, 2.24) is 0 Å². The first-order valence-corrected chi connectivity index (χ1v) is 9.76. The maximum atomic E-state index is 11.7. The molecular formula is C19H27IO4. The summed E-state index contributed by atoms with van der Waals surface area (Å²) >= 11 is 2.22. The van der Waals surface area contributed by atoms with Gasteiger partial charge in [0.1, 0.15) is 6.61 Å². The first kappa shape index (κ1) is 20.9. The molecule has 1 aromatic carbocycles. The molecule has 0 aromatic heterocycles. The maximum absolute atomic E-state index is 11.7. The molecule has 0 amide bonds. The summed E-state index contributed by atoms with van der Waals surface area (Å²) in [5.74, 6) is -0.502. The molecule has 24 heavy (non-hydrogen) atoms. The number of halogens is 1. The summed E-state index contributed by atoms with van der Waals surface area (Å²) in [7, 11) is 0. The van der Waals surface area contributed by atoms with Crippen molar-refractivity contribution in [3.63, 3.8) is 0 Å². The van der Waals surface area contributed by atoms with Crippen molar-refractivity contribution < 1.29 is 19.1 Å². The maximum Gasteiger partial charge on any atom is 0.306 e. The highest BCUT2D eigenvalue weighted by Gasteiger charge is 2.08. The fraction of sp³-hybridized carbons (Fsp3) is 0.579. The molecule has 0 fully saturated rings. The van der Waals surface area contributed by atoms with Gasteiger partial charge in [-0.25, -0.2) is 0 Å². The number of ether oxygens (including phenoxy) is 2. The van der Waals surface area contributed by atoms with E-state index in [1.807, 2.05) is 24.3 Å². The summed E-state index contributed by atoms with van der Waals surface area (Å²) in [6.07, 6.45) is 6.65. The van der Waals surface area contributed by atoms with E-state index in [0.29, 0.717) is 13.0 Å². The number of carbonyl (C=O) groups excluding carboxylic acids is 2. The number of hydrogen-bond acceptors (Lipinski definition) is 4. The summed E-state index contributed by atoms with van der Waals surface area (Å²) in [5, 5.41) is 0. The van der Waals surface area contributed by atoms with Crippen LogP contribution in [0.4, 0.5) is 0 Å². The Kier molecular flexibility index (Phi) is 11.5. The van der Waals surface area contributed by atoms with Crippen molar-refractivity contribution >= 4 is 34.5 Å². The summed E-state index contributed by atoms with van der Waals surface area (Å²) in [6, 6.07) is 7.78. The number of hydrogen-bond donors (Lipinski definition) is 0.